The molecule has 0 saturated heterocycles. The SMILES string of the molecule is NC(=O)CCC(CC([N+](=O)[O-])[N+](=O)[O-])([N+](=O)[O-])[N+](=O)[O-]. The van der Waals surface area contributed by atoms with Gasteiger partial charge in [-0.2, -0.15) is 0 Å². The summed E-state index contributed by atoms with van der Waals surface area (Å²) < 4.78 is 0. The molecule has 14 nitrogen and oxygen atoms in total. The number of rotatable bonds is 9. The van der Waals surface area contributed by atoms with Crippen LogP contribution in [0.3, 0.4) is 0 Å². The molecule has 0 fully saturated rings. The van der Waals surface area contributed by atoms with E-state index in [1.165, 1.54) is 0 Å². The van der Waals surface area contributed by atoms with Crippen LogP contribution < -0.4 is 5.73 Å². The van der Waals surface area contributed by atoms with Crippen molar-refractivity contribution in [3.05, 3.63) is 40.5 Å². The monoisotopic (exact) mass is 295 g/mol. The third kappa shape index (κ3) is 3.79. The highest BCUT2D eigenvalue weighted by Gasteiger charge is 2.63. The Morgan fingerprint density at radius 3 is 1.65 bits per heavy atom. The van der Waals surface area contributed by atoms with Crippen molar-refractivity contribution >= 4 is 5.91 Å². The fourth-order valence-corrected chi connectivity index (χ4v) is 1.34. The molecule has 0 spiro atoms. The summed E-state index contributed by atoms with van der Waals surface area (Å²) in [5, 5.41) is 42.5. The fraction of sp³-hybridized carbons (Fsp3) is 0.833. The van der Waals surface area contributed by atoms with Crippen LogP contribution in [0.5, 0.6) is 0 Å². The van der Waals surface area contributed by atoms with Crippen LogP contribution in [0, 0.1) is 40.5 Å². The molecule has 0 atom stereocenters. The smallest absolute Gasteiger partial charge is 0.370 e. The van der Waals surface area contributed by atoms with Crippen molar-refractivity contribution in [2.24, 2.45) is 5.73 Å². The van der Waals surface area contributed by atoms with Crippen molar-refractivity contribution in [3.63, 3.8) is 0 Å². The van der Waals surface area contributed by atoms with Gasteiger partial charge in [0.15, 0.2) is 0 Å². The number of carbonyl (C=O) groups is 1. The van der Waals surface area contributed by atoms with Gasteiger partial charge in [0, 0.05) is 6.42 Å². The molecular formula is C6H9N5O9. The van der Waals surface area contributed by atoms with Gasteiger partial charge in [-0.05, 0) is 0 Å². The number of nitrogens with zero attached hydrogens (tertiary/aromatic N) is 4. The zero-order valence-corrected chi connectivity index (χ0v) is 9.74. The van der Waals surface area contributed by atoms with Crippen LogP contribution in [-0.4, -0.2) is 37.4 Å². The van der Waals surface area contributed by atoms with Gasteiger partial charge in [0.1, 0.15) is 0 Å². The van der Waals surface area contributed by atoms with Crippen LogP contribution in [0.25, 0.3) is 0 Å². The van der Waals surface area contributed by atoms with Gasteiger partial charge in [0.25, 0.3) is 0 Å². The predicted octanol–water partition coefficient (Wildman–Crippen LogP) is -1.23. The molecule has 0 aliphatic carbocycles. The molecule has 0 radical (unpaired) electrons. The van der Waals surface area contributed by atoms with E-state index in [1.807, 2.05) is 0 Å². The standard InChI is InChI=1S/C6H9N5O9/c7-4(12)1-2-6(10(17)18,11(19)20)3-5(8(13)14)9(15)16/h5H,1-3H2,(H2,7,12). The number of hydrogen-bond acceptors (Lipinski definition) is 9. The van der Waals surface area contributed by atoms with Crippen molar-refractivity contribution in [2.45, 2.75) is 31.1 Å². The van der Waals surface area contributed by atoms with E-state index in [9.17, 15) is 45.3 Å². The molecule has 0 aliphatic heterocycles. The number of amides is 1. The summed E-state index contributed by atoms with van der Waals surface area (Å²) in [5.41, 5.74) is 1.48. The summed E-state index contributed by atoms with van der Waals surface area (Å²) in [6.07, 6.45) is -6.23. The molecule has 0 heterocycles. The van der Waals surface area contributed by atoms with Crippen LogP contribution in [0.2, 0.25) is 0 Å². The van der Waals surface area contributed by atoms with Crippen LogP contribution in [-0.2, 0) is 4.79 Å². The van der Waals surface area contributed by atoms with Crippen LogP contribution in [0.4, 0.5) is 0 Å². The van der Waals surface area contributed by atoms with Crippen molar-refractivity contribution < 1.29 is 24.5 Å². The van der Waals surface area contributed by atoms with E-state index < -0.39 is 56.7 Å². The lowest BCUT2D eigenvalue weighted by molar-refractivity contribution is -0.824. The van der Waals surface area contributed by atoms with E-state index in [4.69, 9.17) is 5.73 Å². The lowest BCUT2D eigenvalue weighted by Gasteiger charge is -2.15. The van der Waals surface area contributed by atoms with Crippen molar-refractivity contribution in [1.82, 2.24) is 0 Å². The maximum Gasteiger partial charge on any atom is 0.473 e. The average Bonchev–Trinajstić information content (AvgIpc) is 2.26. The third-order valence-corrected chi connectivity index (χ3v) is 2.45. The molecule has 0 aromatic carbocycles. The second kappa shape index (κ2) is 6.30. The number of nitrogens with two attached hydrogens (primary N) is 1. The number of carbonyl (C=O) groups excluding carboxylic acids is 1. The average molecular weight is 295 g/mol. The Balaban J connectivity index is 5.55. The molecule has 0 aromatic rings. The van der Waals surface area contributed by atoms with Gasteiger partial charge in [0.2, 0.25) is 12.3 Å². The van der Waals surface area contributed by atoms with Crippen molar-refractivity contribution in [3.8, 4) is 0 Å². The Morgan fingerprint density at radius 2 is 1.40 bits per heavy atom. The highest BCUT2D eigenvalue weighted by molar-refractivity contribution is 5.73. The topological polar surface area (TPSA) is 216 Å². The van der Waals surface area contributed by atoms with E-state index >= 15 is 0 Å². The zero-order chi connectivity index (χ0) is 16.1. The summed E-state index contributed by atoms with van der Waals surface area (Å²) in [4.78, 5) is 47.1. The molecule has 2 N–H and O–H groups in total. The third-order valence-electron chi connectivity index (χ3n) is 2.45. The second-order valence-corrected chi connectivity index (χ2v) is 3.72. The quantitative estimate of drug-likeness (QED) is 0.305. The van der Waals surface area contributed by atoms with E-state index in [0.29, 0.717) is 0 Å². The van der Waals surface area contributed by atoms with Gasteiger partial charge in [0.05, 0.1) is 26.1 Å². The first-order valence-electron chi connectivity index (χ1n) is 4.89. The second-order valence-electron chi connectivity index (χ2n) is 3.72. The molecule has 1 amide bonds. The summed E-state index contributed by atoms with van der Waals surface area (Å²) >= 11 is 0. The Morgan fingerprint density at radius 1 is 1.00 bits per heavy atom. The van der Waals surface area contributed by atoms with Gasteiger partial charge in [-0.1, -0.05) is 0 Å². The van der Waals surface area contributed by atoms with E-state index in [2.05, 4.69) is 0 Å². The van der Waals surface area contributed by atoms with Gasteiger partial charge >= 0.3 is 11.8 Å². The lowest BCUT2D eigenvalue weighted by Crippen LogP contribution is -2.51. The molecule has 0 unspecified atom stereocenters. The van der Waals surface area contributed by atoms with Crippen LogP contribution >= 0.6 is 0 Å². The Hall–Kier alpha value is -2.93. The predicted molar refractivity (Wildman–Crippen MR) is 57.5 cm³/mol. The van der Waals surface area contributed by atoms with Gasteiger partial charge in [-0.15, -0.1) is 0 Å². The maximum absolute atomic E-state index is 10.8. The highest BCUT2D eigenvalue weighted by atomic mass is 16.7. The molecule has 0 rings (SSSR count). The van der Waals surface area contributed by atoms with Gasteiger partial charge in [-0.3, -0.25) is 45.3 Å². The first kappa shape index (κ1) is 17.1. The summed E-state index contributed by atoms with van der Waals surface area (Å²) in [7, 11) is 0. The summed E-state index contributed by atoms with van der Waals surface area (Å²) in [6, 6.07) is 0. The molecule has 112 valence electrons. The van der Waals surface area contributed by atoms with Gasteiger partial charge < -0.3 is 5.73 Å². The molecule has 0 aliphatic rings. The molecule has 20 heavy (non-hydrogen) atoms. The number of primary amides is 1. The van der Waals surface area contributed by atoms with Gasteiger partial charge in [-0.25, -0.2) is 0 Å². The summed E-state index contributed by atoms with van der Waals surface area (Å²) in [5.74, 6) is -1.11. The van der Waals surface area contributed by atoms with E-state index in [-0.39, 0.29) is 0 Å². The Bertz CT molecular complexity index is 434. The molecular weight excluding hydrogens is 286 g/mol. The minimum atomic E-state index is -3.22. The molecule has 14 heteroatoms. The minimum Gasteiger partial charge on any atom is -0.370 e. The number of nitro groups is 4. The van der Waals surface area contributed by atoms with E-state index in [1.54, 1.807) is 0 Å². The van der Waals surface area contributed by atoms with Crippen molar-refractivity contribution in [1.29, 1.82) is 0 Å². The fourth-order valence-electron chi connectivity index (χ4n) is 1.34. The number of hydrogen-bond donors (Lipinski definition) is 1. The molecule has 0 aromatic heterocycles. The van der Waals surface area contributed by atoms with Crippen molar-refractivity contribution in [2.75, 3.05) is 0 Å². The first-order chi connectivity index (χ1) is 9.04. The molecule has 0 bridgehead atoms. The summed E-state index contributed by atoms with van der Waals surface area (Å²) in [6.45, 7) is 0. The highest BCUT2D eigenvalue weighted by Crippen LogP contribution is 2.25. The molecule has 0 saturated carbocycles. The minimum absolute atomic E-state index is 0.815. The Kier molecular flexibility index (Phi) is 5.38. The zero-order valence-electron chi connectivity index (χ0n) is 9.74. The lowest BCUT2D eigenvalue weighted by atomic mass is 9.99. The first-order valence-corrected chi connectivity index (χ1v) is 4.89. The van der Waals surface area contributed by atoms with E-state index in [0.717, 1.165) is 0 Å². The largest absolute Gasteiger partial charge is 0.473 e. The maximum atomic E-state index is 10.8. The van der Waals surface area contributed by atoms with Crippen LogP contribution in [0.1, 0.15) is 19.3 Å². The van der Waals surface area contributed by atoms with Crippen LogP contribution in [0.15, 0.2) is 0 Å². The Labute approximate surface area is 109 Å². The normalized spacial score (nSPS) is 11.1.